The quantitative estimate of drug-likeness (QED) is 0.124. The fourth-order valence-corrected chi connectivity index (χ4v) is 11.4. The van der Waals surface area contributed by atoms with Gasteiger partial charge in [0.2, 0.25) is 0 Å². The molecular weight excluding hydrogens is 579 g/mol. The highest BCUT2D eigenvalue weighted by Crippen LogP contribution is 2.39. The summed E-state index contributed by atoms with van der Waals surface area (Å²) in [5, 5.41) is 5.66. The average Bonchev–Trinajstić information content (AvgIpc) is 3.70. The van der Waals surface area contributed by atoms with Crippen molar-refractivity contribution in [3.8, 4) is 0 Å². The molecule has 0 unspecified atom stereocenters. The number of nitrogens with zero attached hydrogens (tertiary/aromatic N) is 1. The van der Waals surface area contributed by atoms with Gasteiger partial charge in [0.25, 0.3) is 8.32 Å². The van der Waals surface area contributed by atoms with E-state index < -0.39 is 8.32 Å². The van der Waals surface area contributed by atoms with Gasteiger partial charge >= 0.3 is 0 Å². The number of allylic oxidation sites excluding steroid dienone is 1. The first kappa shape index (κ1) is 32.3. The van der Waals surface area contributed by atoms with Crippen molar-refractivity contribution < 1.29 is 13.9 Å². The van der Waals surface area contributed by atoms with Gasteiger partial charge in [-0.15, -0.1) is 11.3 Å². The van der Waals surface area contributed by atoms with Crippen molar-refractivity contribution in [2.75, 3.05) is 13.2 Å². The van der Waals surface area contributed by atoms with E-state index in [9.17, 15) is 0 Å². The number of hydrogen-bond acceptors (Lipinski definition) is 5. The lowest BCUT2D eigenvalue weighted by Gasteiger charge is -2.45. The largest absolute Gasteiger partial charge is 0.400 e. The molecule has 0 saturated carbocycles. The van der Waals surface area contributed by atoms with Crippen molar-refractivity contribution in [1.29, 1.82) is 0 Å². The second-order valence-electron chi connectivity index (χ2n) is 12.7. The van der Waals surface area contributed by atoms with E-state index in [4.69, 9.17) is 18.9 Å². The Labute approximate surface area is 268 Å². The molecule has 6 heteroatoms. The van der Waals surface area contributed by atoms with Crippen molar-refractivity contribution in [2.45, 2.75) is 71.8 Å². The van der Waals surface area contributed by atoms with E-state index >= 15 is 0 Å². The zero-order valence-corrected chi connectivity index (χ0v) is 28.7. The first-order chi connectivity index (χ1) is 21.2. The second-order valence-corrected chi connectivity index (χ2v) is 18.0. The molecule has 1 atom stereocenters. The van der Waals surface area contributed by atoms with Crippen LogP contribution in [-0.4, -0.2) is 32.6 Å². The summed E-state index contributed by atoms with van der Waals surface area (Å²) < 4.78 is 19.2. The van der Waals surface area contributed by atoms with Crippen molar-refractivity contribution in [1.82, 2.24) is 4.98 Å². The van der Waals surface area contributed by atoms with Crippen LogP contribution in [0.2, 0.25) is 5.04 Å². The summed E-state index contributed by atoms with van der Waals surface area (Å²) in [5.41, 5.74) is 5.83. The Morgan fingerprint density at radius 3 is 2.16 bits per heavy atom. The van der Waals surface area contributed by atoms with Gasteiger partial charge in [-0.3, -0.25) is 0 Å². The minimum Gasteiger partial charge on any atom is -0.400 e. The van der Waals surface area contributed by atoms with Gasteiger partial charge < -0.3 is 13.9 Å². The third-order valence-corrected chi connectivity index (χ3v) is 14.1. The maximum atomic E-state index is 7.67. The highest BCUT2D eigenvalue weighted by atomic mass is 32.1. The third-order valence-electron chi connectivity index (χ3n) is 8.26. The first-order valence-corrected chi connectivity index (χ1v) is 18.3. The Morgan fingerprint density at radius 1 is 0.955 bits per heavy atom. The van der Waals surface area contributed by atoms with E-state index in [1.165, 1.54) is 27.1 Å². The van der Waals surface area contributed by atoms with Crippen molar-refractivity contribution in [3.05, 3.63) is 129 Å². The van der Waals surface area contributed by atoms with Crippen LogP contribution in [0.4, 0.5) is 0 Å². The highest BCUT2D eigenvalue weighted by molar-refractivity contribution is 7.09. The monoisotopic (exact) mass is 623 g/mol. The van der Waals surface area contributed by atoms with Crippen LogP contribution in [0.1, 0.15) is 69.2 Å². The van der Waals surface area contributed by atoms with E-state index in [0.717, 1.165) is 29.1 Å². The Kier molecular flexibility index (Phi) is 10.5. The maximum absolute atomic E-state index is 7.67. The topological polar surface area (TPSA) is 40.6 Å². The lowest BCUT2D eigenvalue weighted by molar-refractivity contribution is -0.0441. The Bertz CT molecular complexity index is 1530. The van der Waals surface area contributed by atoms with Crippen LogP contribution in [0.3, 0.4) is 0 Å². The molecule has 0 radical (unpaired) electrons. The minimum absolute atomic E-state index is 0.116. The molecule has 0 amide bonds. The smallest absolute Gasteiger partial charge is 0.261 e. The summed E-state index contributed by atoms with van der Waals surface area (Å²) in [6, 6.07) is 30.4. The van der Waals surface area contributed by atoms with Crippen LogP contribution in [0.25, 0.3) is 6.08 Å². The molecule has 1 aliphatic rings. The predicted octanol–water partition coefficient (Wildman–Crippen LogP) is 8.42. The molecule has 1 aromatic heterocycles. The third kappa shape index (κ3) is 7.56. The molecule has 4 aromatic rings. The average molecular weight is 624 g/mol. The summed E-state index contributed by atoms with van der Waals surface area (Å²) in [6.45, 7) is 14.8. The second kappa shape index (κ2) is 14.3. The molecule has 230 valence electrons. The number of rotatable bonds is 11. The molecule has 0 aliphatic carbocycles. The van der Waals surface area contributed by atoms with Gasteiger partial charge in [0.15, 0.2) is 6.29 Å². The molecule has 0 N–H and O–H groups in total. The molecule has 1 saturated heterocycles. The van der Waals surface area contributed by atoms with Gasteiger partial charge in [-0.1, -0.05) is 117 Å². The van der Waals surface area contributed by atoms with Crippen LogP contribution >= 0.6 is 11.3 Å². The molecule has 3 aromatic carbocycles. The SMILES string of the molecule is C/C(=C/C[C@H](O[Si](c1ccccc1)(c1ccccc1)C(C)(C)C)/C(C)=C/c1csc(C)n1)Cc1cccc(C2OCCO2)c1. The van der Waals surface area contributed by atoms with Gasteiger partial charge in [0, 0.05) is 10.9 Å². The van der Waals surface area contributed by atoms with Crippen LogP contribution in [0, 0.1) is 6.92 Å². The van der Waals surface area contributed by atoms with E-state index in [2.05, 4.69) is 144 Å². The number of aryl methyl sites for hydroxylation is 1. The Balaban J connectivity index is 1.51. The highest BCUT2D eigenvalue weighted by Gasteiger charge is 2.51. The van der Waals surface area contributed by atoms with E-state index in [-0.39, 0.29) is 17.4 Å². The summed E-state index contributed by atoms with van der Waals surface area (Å²) in [6.07, 6.45) is 5.83. The first-order valence-electron chi connectivity index (χ1n) is 15.5. The number of benzene rings is 3. The van der Waals surface area contributed by atoms with E-state index in [0.29, 0.717) is 13.2 Å². The van der Waals surface area contributed by atoms with Crippen molar-refractivity contribution in [2.24, 2.45) is 0 Å². The molecule has 0 bridgehead atoms. The standard InChI is InChI=1S/C38H45NO3SSi/c1-28(24-31-14-13-15-32(26-31)37-40-22-23-41-37)20-21-36(29(2)25-33-27-43-30(3)39-33)42-44(38(4,5)6,34-16-9-7-10-17-34)35-18-11-8-12-19-35/h7-20,25-27,36-37H,21-24H2,1-6H3/b28-20-,29-25+/t36-/m0/s1. The zero-order chi connectivity index (χ0) is 31.2. The summed E-state index contributed by atoms with van der Waals surface area (Å²) in [7, 11) is -2.77. The van der Waals surface area contributed by atoms with Gasteiger partial charge in [-0.2, -0.15) is 0 Å². The van der Waals surface area contributed by atoms with Crippen LogP contribution in [0.15, 0.2) is 108 Å². The zero-order valence-electron chi connectivity index (χ0n) is 26.9. The Morgan fingerprint density at radius 2 is 1.59 bits per heavy atom. The van der Waals surface area contributed by atoms with Gasteiger partial charge in [0.05, 0.1) is 30.0 Å². The number of hydrogen-bond donors (Lipinski definition) is 0. The number of ether oxygens (including phenoxy) is 2. The van der Waals surface area contributed by atoms with Crippen LogP contribution in [0.5, 0.6) is 0 Å². The summed E-state index contributed by atoms with van der Waals surface area (Å²) in [5.74, 6) is 0. The molecule has 1 fully saturated rings. The van der Waals surface area contributed by atoms with E-state index in [1.807, 2.05) is 0 Å². The predicted molar refractivity (Wildman–Crippen MR) is 186 cm³/mol. The van der Waals surface area contributed by atoms with Gasteiger partial charge in [-0.05, 0) is 66.2 Å². The number of thiazole rings is 1. The summed E-state index contributed by atoms with van der Waals surface area (Å²) >= 11 is 1.68. The van der Waals surface area contributed by atoms with Crippen molar-refractivity contribution in [3.63, 3.8) is 0 Å². The number of aromatic nitrogens is 1. The molecule has 2 heterocycles. The molecular formula is C38H45NO3SSi. The summed E-state index contributed by atoms with van der Waals surface area (Å²) in [4.78, 5) is 4.75. The molecule has 1 aliphatic heterocycles. The van der Waals surface area contributed by atoms with Gasteiger partial charge in [0.1, 0.15) is 0 Å². The lowest BCUT2D eigenvalue weighted by Crippen LogP contribution is -2.67. The molecule has 0 spiro atoms. The Hall–Kier alpha value is -3.13. The van der Waals surface area contributed by atoms with Crippen molar-refractivity contribution >= 4 is 36.1 Å². The van der Waals surface area contributed by atoms with E-state index in [1.54, 1.807) is 11.3 Å². The fraction of sp³-hybridized carbons (Fsp3) is 0.342. The van der Waals surface area contributed by atoms with Crippen LogP contribution < -0.4 is 10.4 Å². The molecule has 5 rings (SSSR count). The minimum atomic E-state index is -2.77. The molecule has 44 heavy (non-hydrogen) atoms. The lowest BCUT2D eigenvalue weighted by atomic mass is 10.0. The maximum Gasteiger partial charge on any atom is 0.261 e. The fourth-order valence-electron chi connectivity index (χ4n) is 6.11. The van der Waals surface area contributed by atoms with Gasteiger partial charge in [-0.25, -0.2) is 4.98 Å². The van der Waals surface area contributed by atoms with Crippen LogP contribution in [-0.2, 0) is 20.3 Å². The normalized spacial score (nSPS) is 16.0. The molecule has 4 nitrogen and oxygen atoms in total.